The molecule has 0 aliphatic carbocycles. The van der Waals surface area contributed by atoms with E-state index in [1.54, 1.807) is 0 Å². The first-order valence-corrected chi connectivity index (χ1v) is 4.24. The molecule has 1 fully saturated rings. The molecular weight excluding hydrogens is 150 g/mol. The molecule has 0 amide bonds. The second kappa shape index (κ2) is 2.75. The van der Waals surface area contributed by atoms with Crippen LogP contribution in [-0.4, -0.2) is 11.5 Å². The third kappa shape index (κ3) is 1.16. The van der Waals surface area contributed by atoms with Crippen LogP contribution < -0.4 is 11.1 Å². The van der Waals surface area contributed by atoms with Crippen molar-refractivity contribution >= 4 is 5.82 Å². The summed E-state index contributed by atoms with van der Waals surface area (Å²) in [6.07, 6.45) is 1.21. The van der Waals surface area contributed by atoms with Gasteiger partial charge < -0.3 is 11.1 Å². The van der Waals surface area contributed by atoms with E-state index in [9.17, 15) is 0 Å². The number of aryl methyl sites for hydroxylation is 1. The van der Waals surface area contributed by atoms with Crippen molar-refractivity contribution in [1.82, 2.24) is 10.3 Å². The third-order valence-electron chi connectivity index (χ3n) is 2.35. The molecule has 1 aliphatic heterocycles. The normalized spacial score (nSPS) is 21.9. The molecule has 12 heavy (non-hydrogen) atoms. The van der Waals surface area contributed by atoms with Gasteiger partial charge in [-0.2, -0.15) is 0 Å². The van der Waals surface area contributed by atoms with Crippen molar-refractivity contribution in [3.05, 3.63) is 23.4 Å². The Bertz CT molecular complexity index is 292. The number of nitrogens with two attached hydrogens (primary N) is 1. The zero-order chi connectivity index (χ0) is 8.55. The number of hydrogen-bond acceptors (Lipinski definition) is 3. The summed E-state index contributed by atoms with van der Waals surface area (Å²) in [5.74, 6) is 0.607. The second-order valence-electron chi connectivity index (χ2n) is 3.21. The molecule has 0 radical (unpaired) electrons. The van der Waals surface area contributed by atoms with Crippen molar-refractivity contribution in [2.75, 3.05) is 12.3 Å². The fourth-order valence-corrected chi connectivity index (χ4v) is 1.51. The van der Waals surface area contributed by atoms with Crippen LogP contribution in [0.25, 0.3) is 0 Å². The first-order valence-electron chi connectivity index (χ1n) is 4.24. The van der Waals surface area contributed by atoms with Crippen molar-refractivity contribution < 1.29 is 0 Å². The molecule has 0 saturated carbocycles. The molecule has 1 atom stereocenters. The lowest BCUT2D eigenvalue weighted by Crippen LogP contribution is -2.35. The molecule has 2 rings (SSSR count). The molecule has 3 heteroatoms. The van der Waals surface area contributed by atoms with Crippen LogP contribution in [0.3, 0.4) is 0 Å². The molecule has 1 aromatic heterocycles. The fourth-order valence-electron chi connectivity index (χ4n) is 1.51. The largest absolute Gasteiger partial charge is 0.384 e. The summed E-state index contributed by atoms with van der Waals surface area (Å²) in [6, 6.07) is 4.44. The number of pyridine rings is 1. The van der Waals surface area contributed by atoms with Gasteiger partial charge in [0.1, 0.15) is 5.82 Å². The Balaban J connectivity index is 2.31. The molecule has 2 heterocycles. The standard InChI is InChI=1S/C9H13N3/c1-6-7(8-4-5-11-8)2-3-9(10)12-6/h2-3,8,11H,4-5H2,1H3,(H2,10,12). The number of rotatable bonds is 1. The van der Waals surface area contributed by atoms with E-state index in [1.807, 2.05) is 13.0 Å². The van der Waals surface area contributed by atoms with Crippen LogP contribution in [0.2, 0.25) is 0 Å². The van der Waals surface area contributed by atoms with E-state index in [0.29, 0.717) is 11.9 Å². The molecule has 1 aliphatic rings. The Morgan fingerprint density at radius 3 is 2.83 bits per heavy atom. The van der Waals surface area contributed by atoms with Crippen molar-refractivity contribution in [2.24, 2.45) is 0 Å². The minimum atomic E-state index is 0.512. The maximum absolute atomic E-state index is 5.56. The van der Waals surface area contributed by atoms with Gasteiger partial charge in [0.05, 0.1) is 0 Å². The van der Waals surface area contributed by atoms with E-state index in [2.05, 4.69) is 16.4 Å². The van der Waals surface area contributed by atoms with Crippen molar-refractivity contribution in [2.45, 2.75) is 19.4 Å². The molecule has 3 nitrogen and oxygen atoms in total. The minimum absolute atomic E-state index is 0.512. The molecule has 0 bridgehead atoms. The molecule has 0 spiro atoms. The Kier molecular flexibility index (Phi) is 1.73. The highest BCUT2D eigenvalue weighted by atomic mass is 15.0. The number of anilines is 1. The smallest absolute Gasteiger partial charge is 0.123 e. The number of nitrogens with zero attached hydrogens (tertiary/aromatic N) is 1. The van der Waals surface area contributed by atoms with Crippen molar-refractivity contribution in [3.8, 4) is 0 Å². The summed E-state index contributed by atoms with van der Waals surface area (Å²) in [5, 5.41) is 3.34. The molecule has 1 aromatic rings. The van der Waals surface area contributed by atoms with Crippen LogP contribution in [0.15, 0.2) is 12.1 Å². The van der Waals surface area contributed by atoms with Gasteiger partial charge in [0.25, 0.3) is 0 Å². The van der Waals surface area contributed by atoms with Gasteiger partial charge in [-0.3, -0.25) is 0 Å². The number of nitrogen functional groups attached to an aromatic ring is 1. The van der Waals surface area contributed by atoms with Crippen LogP contribution in [0.5, 0.6) is 0 Å². The zero-order valence-electron chi connectivity index (χ0n) is 7.17. The lowest BCUT2D eigenvalue weighted by molar-refractivity contribution is 0.381. The monoisotopic (exact) mass is 163 g/mol. The second-order valence-corrected chi connectivity index (χ2v) is 3.21. The number of nitrogens with one attached hydrogen (secondary N) is 1. The van der Waals surface area contributed by atoms with E-state index < -0.39 is 0 Å². The molecular formula is C9H13N3. The first kappa shape index (κ1) is 7.55. The van der Waals surface area contributed by atoms with Crippen LogP contribution in [-0.2, 0) is 0 Å². The van der Waals surface area contributed by atoms with Gasteiger partial charge in [-0.1, -0.05) is 6.07 Å². The highest BCUT2D eigenvalue weighted by Crippen LogP contribution is 2.24. The van der Waals surface area contributed by atoms with Gasteiger partial charge in [0.2, 0.25) is 0 Å². The van der Waals surface area contributed by atoms with E-state index in [0.717, 1.165) is 12.2 Å². The summed E-state index contributed by atoms with van der Waals surface area (Å²) in [7, 11) is 0. The molecule has 0 aromatic carbocycles. The van der Waals surface area contributed by atoms with E-state index in [1.165, 1.54) is 12.0 Å². The van der Waals surface area contributed by atoms with Crippen LogP contribution in [0, 0.1) is 6.92 Å². The summed E-state index contributed by atoms with van der Waals surface area (Å²) in [4.78, 5) is 4.21. The predicted molar refractivity (Wildman–Crippen MR) is 48.7 cm³/mol. The Morgan fingerprint density at radius 1 is 1.58 bits per heavy atom. The molecule has 1 unspecified atom stereocenters. The SMILES string of the molecule is Cc1nc(N)ccc1C1CCN1. The van der Waals surface area contributed by atoms with E-state index >= 15 is 0 Å². The molecule has 3 N–H and O–H groups in total. The van der Waals surface area contributed by atoms with Gasteiger partial charge in [0, 0.05) is 11.7 Å². The van der Waals surface area contributed by atoms with Gasteiger partial charge >= 0.3 is 0 Å². The van der Waals surface area contributed by atoms with Gasteiger partial charge in [-0.25, -0.2) is 4.98 Å². The minimum Gasteiger partial charge on any atom is -0.384 e. The van der Waals surface area contributed by atoms with Crippen LogP contribution in [0.1, 0.15) is 23.7 Å². The molecule has 64 valence electrons. The average Bonchev–Trinajstić information content (AvgIpc) is 1.91. The van der Waals surface area contributed by atoms with Crippen molar-refractivity contribution in [3.63, 3.8) is 0 Å². The summed E-state index contributed by atoms with van der Waals surface area (Å²) in [5.41, 5.74) is 7.89. The highest BCUT2D eigenvalue weighted by Gasteiger charge is 2.20. The maximum Gasteiger partial charge on any atom is 0.123 e. The molecule has 1 saturated heterocycles. The van der Waals surface area contributed by atoms with Gasteiger partial charge in [0.15, 0.2) is 0 Å². The average molecular weight is 163 g/mol. The predicted octanol–water partition coefficient (Wildman–Crippen LogP) is 1.01. The van der Waals surface area contributed by atoms with Gasteiger partial charge in [-0.15, -0.1) is 0 Å². The van der Waals surface area contributed by atoms with Crippen LogP contribution in [0.4, 0.5) is 5.82 Å². The Hall–Kier alpha value is -1.09. The third-order valence-corrected chi connectivity index (χ3v) is 2.35. The first-order chi connectivity index (χ1) is 5.77. The fraction of sp³-hybridized carbons (Fsp3) is 0.444. The Morgan fingerprint density at radius 2 is 2.33 bits per heavy atom. The Labute approximate surface area is 72.0 Å². The van der Waals surface area contributed by atoms with E-state index in [4.69, 9.17) is 5.73 Å². The highest BCUT2D eigenvalue weighted by molar-refractivity contribution is 5.35. The number of hydrogen-bond donors (Lipinski definition) is 2. The zero-order valence-corrected chi connectivity index (χ0v) is 7.17. The van der Waals surface area contributed by atoms with Crippen molar-refractivity contribution in [1.29, 1.82) is 0 Å². The summed E-state index contributed by atoms with van der Waals surface area (Å²) < 4.78 is 0. The van der Waals surface area contributed by atoms with Gasteiger partial charge in [-0.05, 0) is 31.5 Å². The topological polar surface area (TPSA) is 50.9 Å². The van der Waals surface area contributed by atoms with E-state index in [-0.39, 0.29) is 0 Å². The summed E-state index contributed by atoms with van der Waals surface area (Å²) in [6.45, 7) is 3.13. The lowest BCUT2D eigenvalue weighted by Gasteiger charge is -2.28. The summed E-state index contributed by atoms with van der Waals surface area (Å²) >= 11 is 0. The quantitative estimate of drug-likeness (QED) is 0.649. The lowest BCUT2D eigenvalue weighted by atomic mass is 9.97. The van der Waals surface area contributed by atoms with Crippen LogP contribution >= 0.6 is 0 Å². The maximum atomic E-state index is 5.56. The number of aromatic nitrogens is 1.